The molecule has 2 aliphatic rings. The molecule has 0 spiro atoms. The molecule has 0 bridgehead atoms. The molecule has 1 aromatic carbocycles. The predicted octanol–water partition coefficient (Wildman–Crippen LogP) is 3.26. The van der Waals surface area contributed by atoms with Crippen LogP contribution in [-0.4, -0.2) is 56.1 Å². The molecule has 0 aromatic heterocycles. The number of benzene rings is 1. The maximum absolute atomic E-state index is 12.9. The number of amides is 2. The summed E-state index contributed by atoms with van der Waals surface area (Å²) in [5.74, 6) is -0.000791. The van der Waals surface area contributed by atoms with Crippen LogP contribution < -0.4 is 10.2 Å². The largest absolute Gasteiger partial charge is 0.378 e. The van der Waals surface area contributed by atoms with Gasteiger partial charge < -0.3 is 19.9 Å². The molecule has 0 radical (unpaired) electrons. The molecule has 6 nitrogen and oxygen atoms in total. The van der Waals surface area contributed by atoms with Gasteiger partial charge in [0.25, 0.3) is 0 Å². The third-order valence-corrected chi connectivity index (χ3v) is 5.67. The van der Waals surface area contributed by atoms with Crippen LogP contribution in [0.15, 0.2) is 22.7 Å². The Kier molecular flexibility index (Phi) is 7.13. The van der Waals surface area contributed by atoms with E-state index >= 15 is 0 Å². The molecule has 3 rings (SSSR count). The predicted molar refractivity (Wildman–Crippen MR) is 110 cm³/mol. The molecule has 2 amide bonds. The van der Waals surface area contributed by atoms with Crippen molar-refractivity contribution in [3.8, 4) is 0 Å². The normalized spacial score (nSPS) is 20.4. The Bertz CT molecular complexity index is 676. The van der Waals surface area contributed by atoms with Gasteiger partial charge in [-0.05, 0) is 37.5 Å². The summed E-state index contributed by atoms with van der Waals surface area (Å²) in [6.45, 7) is 6.30. The van der Waals surface area contributed by atoms with Gasteiger partial charge in [-0.2, -0.15) is 0 Å². The first kappa shape index (κ1) is 20.1. The lowest BCUT2D eigenvalue weighted by Crippen LogP contribution is -2.44. The lowest BCUT2D eigenvalue weighted by Gasteiger charge is -2.33. The molecule has 0 aliphatic carbocycles. The van der Waals surface area contributed by atoms with E-state index in [1.54, 1.807) is 0 Å². The smallest absolute Gasteiger partial charge is 0.229 e. The van der Waals surface area contributed by atoms with Crippen LogP contribution in [0.2, 0.25) is 0 Å². The third-order valence-electron chi connectivity index (χ3n) is 5.18. The van der Waals surface area contributed by atoms with Gasteiger partial charge in [-0.1, -0.05) is 22.9 Å². The first-order chi connectivity index (χ1) is 13.1. The van der Waals surface area contributed by atoms with E-state index in [1.165, 1.54) is 0 Å². The number of hydrogen-bond donors (Lipinski definition) is 1. The number of nitrogens with one attached hydrogen (secondary N) is 1. The Morgan fingerprint density at radius 1 is 1.26 bits per heavy atom. The van der Waals surface area contributed by atoms with Crippen LogP contribution in [0.3, 0.4) is 0 Å². The minimum absolute atomic E-state index is 0.00314. The summed E-state index contributed by atoms with van der Waals surface area (Å²) in [5, 5.41) is 3.12. The first-order valence-electron chi connectivity index (χ1n) is 9.79. The maximum atomic E-state index is 12.9. The van der Waals surface area contributed by atoms with Crippen molar-refractivity contribution in [2.45, 2.75) is 32.6 Å². The number of nitrogens with zero attached hydrogens (tertiary/aromatic N) is 2. The van der Waals surface area contributed by atoms with Gasteiger partial charge in [0.05, 0.1) is 30.5 Å². The molecular formula is C20H28BrN3O3. The summed E-state index contributed by atoms with van der Waals surface area (Å²) in [6, 6.07) is 5.97. The molecule has 1 N–H and O–H groups in total. The van der Waals surface area contributed by atoms with E-state index in [-0.39, 0.29) is 17.7 Å². The van der Waals surface area contributed by atoms with E-state index in [2.05, 4.69) is 26.1 Å². The van der Waals surface area contributed by atoms with Crippen LogP contribution in [0.25, 0.3) is 0 Å². The topological polar surface area (TPSA) is 61.9 Å². The van der Waals surface area contributed by atoms with Gasteiger partial charge in [0, 0.05) is 37.1 Å². The highest BCUT2D eigenvalue weighted by Crippen LogP contribution is 2.31. The van der Waals surface area contributed by atoms with Crippen molar-refractivity contribution in [1.29, 1.82) is 0 Å². The fourth-order valence-corrected chi connectivity index (χ4v) is 4.07. The molecule has 0 saturated carbocycles. The lowest BCUT2D eigenvalue weighted by molar-refractivity contribution is -0.134. The van der Waals surface area contributed by atoms with E-state index in [9.17, 15) is 9.59 Å². The zero-order valence-electron chi connectivity index (χ0n) is 15.9. The molecule has 1 atom stereocenters. The van der Waals surface area contributed by atoms with Gasteiger partial charge in [0.1, 0.15) is 0 Å². The van der Waals surface area contributed by atoms with Crippen LogP contribution in [0, 0.1) is 5.92 Å². The van der Waals surface area contributed by atoms with Crippen LogP contribution in [-0.2, 0) is 14.3 Å². The van der Waals surface area contributed by atoms with Crippen LogP contribution >= 0.6 is 15.9 Å². The number of likely N-dealkylation sites (tertiary alicyclic amines) is 1. The third kappa shape index (κ3) is 5.23. The summed E-state index contributed by atoms with van der Waals surface area (Å²) in [5.41, 5.74) is 1.83. The molecule has 27 heavy (non-hydrogen) atoms. The van der Waals surface area contributed by atoms with E-state index in [0.29, 0.717) is 26.2 Å². The Morgan fingerprint density at radius 3 is 2.78 bits per heavy atom. The number of carbonyl (C=O) groups excluding carboxylic acids is 2. The fourth-order valence-electron chi connectivity index (χ4n) is 3.71. The number of halogens is 1. The highest BCUT2D eigenvalue weighted by Gasteiger charge is 2.28. The van der Waals surface area contributed by atoms with E-state index in [0.717, 1.165) is 54.7 Å². The Morgan fingerprint density at radius 2 is 2.04 bits per heavy atom. The molecule has 1 unspecified atom stereocenters. The Balaban J connectivity index is 1.69. The molecule has 2 fully saturated rings. The van der Waals surface area contributed by atoms with Gasteiger partial charge in [-0.25, -0.2) is 0 Å². The number of ether oxygens (including phenoxy) is 1. The van der Waals surface area contributed by atoms with Gasteiger partial charge in [-0.15, -0.1) is 0 Å². The van der Waals surface area contributed by atoms with Gasteiger partial charge in [0.2, 0.25) is 11.8 Å². The molecule has 148 valence electrons. The zero-order chi connectivity index (χ0) is 19.2. The Hall–Kier alpha value is -1.60. The van der Waals surface area contributed by atoms with E-state index in [4.69, 9.17) is 4.74 Å². The monoisotopic (exact) mass is 437 g/mol. The average Bonchev–Trinajstić information content (AvgIpc) is 2.69. The summed E-state index contributed by atoms with van der Waals surface area (Å²) in [6.07, 6.45) is 3.10. The summed E-state index contributed by atoms with van der Waals surface area (Å²) >= 11 is 3.50. The van der Waals surface area contributed by atoms with Crippen molar-refractivity contribution < 1.29 is 14.3 Å². The number of rotatable bonds is 5. The number of piperidine rings is 1. The van der Waals surface area contributed by atoms with Crippen LogP contribution in [0.4, 0.5) is 11.4 Å². The lowest BCUT2D eigenvalue weighted by atomic mass is 9.96. The summed E-state index contributed by atoms with van der Waals surface area (Å²) in [4.78, 5) is 29.2. The van der Waals surface area contributed by atoms with Crippen molar-refractivity contribution in [2.75, 3.05) is 49.6 Å². The molecular weight excluding hydrogens is 410 g/mol. The van der Waals surface area contributed by atoms with Crippen molar-refractivity contribution in [1.82, 2.24) is 4.90 Å². The van der Waals surface area contributed by atoms with Gasteiger partial charge in [0.15, 0.2) is 0 Å². The average molecular weight is 438 g/mol. The molecule has 1 aromatic rings. The second-order valence-corrected chi connectivity index (χ2v) is 8.09. The molecule has 7 heteroatoms. The highest BCUT2D eigenvalue weighted by molar-refractivity contribution is 9.10. The van der Waals surface area contributed by atoms with Gasteiger partial charge in [-0.3, -0.25) is 9.59 Å². The van der Waals surface area contributed by atoms with E-state index in [1.807, 2.05) is 30.0 Å². The fraction of sp³-hybridized carbons (Fsp3) is 0.600. The molecule has 2 saturated heterocycles. The second-order valence-electron chi connectivity index (χ2n) is 7.18. The number of anilines is 2. The van der Waals surface area contributed by atoms with Crippen molar-refractivity contribution >= 4 is 39.1 Å². The zero-order valence-corrected chi connectivity index (χ0v) is 17.5. The minimum atomic E-state index is -0.156. The SMILES string of the molecule is CCCC(=O)N1CCCC(C(=O)Nc2cc(Br)ccc2N2CCOCC2)C1. The summed E-state index contributed by atoms with van der Waals surface area (Å²) < 4.78 is 6.37. The first-order valence-corrected chi connectivity index (χ1v) is 10.6. The quantitative estimate of drug-likeness (QED) is 0.767. The number of morpholine rings is 1. The minimum Gasteiger partial charge on any atom is -0.378 e. The molecule has 2 aliphatic heterocycles. The van der Waals surface area contributed by atoms with Crippen molar-refractivity contribution in [2.24, 2.45) is 5.92 Å². The highest BCUT2D eigenvalue weighted by atomic mass is 79.9. The van der Waals surface area contributed by atoms with Crippen LogP contribution in [0.5, 0.6) is 0 Å². The standard InChI is InChI=1S/C20H28BrN3O3/c1-2-4-19(25)24-8-3-5-15(14-24)20(26)22-17-13-16(21)6-7-18(17)23-9-11-27-12-10-23/h6-7,13,15H,2-5,8-12,14H2,1H3,(H,22,26). The second kappa shape index (κ2) is 9.55. The number of carbonyl (C=O) groups is 2. The van der Waals surface area contributed by atoms with Crippen molar-refractivity contribution in [3.63, 3.8) is 0 Å². The molecule has 2 heterocycles. The van der Waals surface area contributed by atoms with E-state index < -0.39 is 0 Å². The van der Waals surface area contributed by atoms with Crippen LogP contribution in [0.1, 0.15) is 32.6 Å². The van der Waals surface area contributed by atoms with Gasteiger partial charge >= 0.3 is 0 Å². The maximum Gasteiger partial charge on any atom is 0.229 e. The number of hydrogen-bond acceptors (Lipinski definition) is 4. The Labute approximate surface area is 169 Å². The summed E-state index contributed by atoms with van der Waals surface area (Å²) in [7, 11) is 0. The van der Waals surface area contributed by atoms with Crippen molar-refractivity contribution in [3.05, 3.63) is 22.7 Å².